The molecule has 2 fully saturated rings. The molecule has 0 radical (unpaired) electrons. The van der Waals surface area contributed by atoms with Gasteiger partial charge in [-0.3, -0.25) is 9.89 Å². The highest BCUT2D eigenvalue weighted by Gasteiger charge is 2.66. The first-order chi connectivity index (χ1) is 16.9. The summed E-state index contributed by atoms with van der Waals surface area (Å²) in [7, 11) is 0. The first-order valence-corrected chi connectivity index (χ1v) is 11.8. The summed E-state index contributed by atoms with van der Waals surface area (Å²) in [4.78, 5) is 23.2. The second kappa shape index (κ2) is 8.00. The normalized spacial score (nSPS) is 23.3. The number of carbonyl (C=O) groups excluding carboxylic acids is 1. The second-order valence-electron chi connectivity index (χ2n) is 9.23. The van der Waals surface area contributed by atoms with Gasteiger partial charge in [0.25, 0.3) is 0 Å². The summed E-state index contributed by atoms with van der Waals surface area (Å²) in [5.41, 5.74) is 14.4. The molecule has 1 aliphatic heterocycles. The number of H-pyrrole nitrogens is 1. The van der Waals surface area contributed by atoms with Crippen molar-refractivity contribution in [3.8, 4) is 11.3 Å². The predicted molar refractivity (Wildman–Crippen MR) is 132 cm³/mol. The molecule has 5 N–H and O–H groups in total. The molecule has 4 aromatic rings. The number of hydrogen-bond donors (Lipinski definition) is 3. The maximum Gasteiger partial charge on any atom is 0.248 e. The van der Waals surface area contributed by atoms with Gasteiger partial charge in [-0.1, -0.05) is 29.8 Å². The fourth-order valence-corrected chi connectivity index (χ4v) is 6.04. The van der Waals surface area contributed by atoms with E-state index in [1.54, 1.807) is 30.5 Å². The fraction of sp³-hybridized carbons (Fsp3) is 0.280. The van der Waals surface area contributed by atoms with Crippen molar-refractivity contribution in [2.75, 3.05) is 24.5 Å². The molecule has 35 heavy (non-hydrogen) atoms. The van der Waals surface area contributed by atoms with Crippen LogP contribution in [0.5, 0.6) is 0 Å². The van der Waals surface area contributed by atoms with Crippen LogP contribution in [0.15, 0.2) is 48.7 Å². The number of nitrogens with one attached hydrogen (secondary N) is 1. The zero-order chi connectivity index (χ0) is 24.3. The lowest BCUT2D eigenvalue weighted by Crippen LogP contribution is -2.32. The molecule has 0 bridgehead atoms. The number of anilines is 1. The van der Waals surface area contributed by atoms with E-state index in [2.05, 4.69) is 20.1 Å². The zero-order valence-corrected chi connectivity index (χ0v) is 19.5. The highest BCUT2D eigenvalue weighted by Crippen LogP contribution is 2.63. The van der Waals surface area contributed by atoms with E-state index in [1.165, 1.54) is 6.07 Å². The Morgan fingerprint density at radius 2 is 2.09 bits per heavy atom. The second-order valence-corrected chi connectivity index (χ2v) is 9.64. The molecule has 2 aliphatic rings. The van der Waals surface area contributed by atoms with Gasteiger partial charge in [-0.2, -0.15) is 5.10 Å². The lowest BCUT2D eigenvalue weighted by molar-refractivity contribution is 0.100. The Labute approximate surface area is 205 Å². The average molecular weight is 492 g/mol. The predicted octanol–water partition coefficient (Wildman–Crippen LogP) is 3.26. The molecule has 0 spiro atoms. The summed E-state index contributed by atoms with van der Waals surface area (Å²) >= 11 is 6.37. The quantitative estimate of drug-likeness (QED) is 0.393. The third-order valence-corrected chi connectivity index (χ3v) is 7.96. The minimum atomic E-state index is -0.552. The number of nitrogens with zero attached hydrogens (tertiary/aromatic N) is 4. The molecule has 1 saturated heterocycles. The van der Waals surface area contributed by atoms with Crippen LogP contribution in [0.4, 0.5) is 10.2 Å². The van der Waals surface area contributed by atoms with Crippen molar-refractivity contribution in [2.24, 2.45) is 23.3 Å². The van der Waals surface area contributed by atoms with Gasteiger partial charge in [0.2, 0.25) is 5.91 Å². The van der Waals surface area contributed by atoms with E-state index in [1.807, 2.05) is 12.1 Å². The van der Waals surface area contributed by atoms with Crippen LogP contribution in [-0.2, 0) is 5.41 Å². The number of fused-ring (bicyclic) bond motifs is 2. The molecule has 1 saturated carbocycles. The van der Waals surface area contributed by atoms with E-state index in [9.17, 15) is 9.18 Å². The monoisotopic (exact) mass is 491 g/mol. The van der Waals surface area contributed by atoms with Crippen LogP contribution < -0.4 is 16.4 Å². The minimum Gasteiger partial charge on any atom is -0.366 e. The van der Waals surface area contributed by atoms with Crippen molar-refractivity contribution >= 4 is 34.5 Å². The topological polar surface area (TPSA) is 127 Å². The van der Waals surface area contributed by atoms with Gasteiger partial charge in [0, 0.05) is 36.2 Å². The minimum absolute atomic E-state index is 0.191. The van der Waals surface area contributed by atoms with Crippen LogP contribution in [0.2, 0.25) is 5.02 Å². The zero-order valence-electron chi connectivity index (χ0n) is 18.7. The number of halogens is 2. The first kappa shape index (κ1) is 21.9. The standard InChI is InChI=1S/C25H23ClFN7O/c26-18-6-5-13(23(29)35)9-14(18)21-22-24(33-32-21)31-20(10-30-22)34-8-7-15-17(11-34)25(15,12-28)16-3-1-2-4-19(16)27/h1-6,9-10,15,17H,7-8,11-12,28H2,(H2,29,35)(H,31,32,33)/t15-,17+,25-/m1/s1. The van der Waals surface area contributed by atoms with Crippen LogP contribution in [0.25, 0.3) is 22.4 Å². The highest BCUT2D eigenvalue weighted by molar-refractivity contribution is 6.33. The van der Waals surface area contributed by atoms with Crippen LogP contribution >= 0.6 is 11.6 Å². The Hall–Kier alpha value is -3.56. The number of carbonyl (C=O) groups is 1. The van der Waals surface area contributed by atoms with Crippen LogP contribution in [0, 0.1) is 17.7 Å². The molecule has 6 rings (SSSR count). The van der Waals surface area contributed by atoms with Crippen molar-refractivity contribution in [3.63, 3.8) is 0 Å². The number of amides is 1. The smallest absolute Gasteiger partial charge is 0.248 e. The van der Waals surface area contributed by atoms with E-state index in [4.69, 9.17) is 28.1 Å². The number of aromatic amines is 1. The molecule has 2 aromatic heterocycles. The summed E-state index contributed by atoms with van der Waals surface area (Å²) in [6.45, 7) is 1.92. The molecule has 1 amide bonds. The number of rotatable bonds is 5. The van der Waals surface area contributed by atoms with Gasteiger partial charge in [-0.05, 0) is 48.1 Å². The van der Waals surface area contributed by atoms with E-state index >= 15 is 0 Å². The van der Waals surface area contributed by atoms with Gasteiger partial charge >= 0.3 is 0 Å². The third kappa shape index (κ3) is 3.30. The maximum absolute atomic E-state index is 14.6. The number of piperidine rings is 1. The number of primary amides is 1. The molecule has 10 heteroatoms. The molecule has 178 valence electrons. The lowest BCUT2D eigenvalue weighted by Gasteiger charge is -2.26. The van der Waals surface area contributed by atoms with Crippen LogP contribution in [0.1, 0.15) is 22.3 Å². The van der Waals surface area contributed by atoms with Gasteiger partial charge in [-0.15, -0.1) is 0 Å². The summed E-state index contributed by atoms with van der Waals surface area (Å²) < 4.78 is 14.6. The van der Waals surface area contributed by atoms with Gasteiger partial charge in [0.05, 0.1) is 11.2 Å². The van der Waals surface area contributed by atoms with E-state index in [0.717, 1.165) is 25.3 Å². The van der Waals surface area contributed by atoms with Crippen molar-refractivity contribution in [1.82, 2.24) is 20.2 Å². The van der Waals surface area contributed by atoms with Crippen LogP contribution in [0.3, 0.4) is 0 Å². The van der Waals surface area contributed by atoms with Gasteiger partial charge < -0.3 is 16.4 Å². The molecule has 3 heterocycles. The van der Waals surface area contributed by atoms with E-state index in [-0.39, 0.29) is 17.2 Å². The van der Waals surface area contributed by atoms with Crippen molar-refractivity contribution in [3.05, 3.63) is 70.6 Å². The molecule has 3 atom stereocenters. The Balaban J connectivity index is 1.30. The summed E-state index contributed by atoms with van der Waals surface area (Å²) in [5.74, 6) is 0.585. The number of benzene rings is 2. The molecule has 2 aromatic carbocycles. The Morgan fingerprint density at radius 1 is 1.26 bits per heavy atom. The van der Waals surface area contributed by atoms with E-state index < -0.39 is 5.91 Å². The van der Waals surface area contributed by atoms with Crippen molar-refractivity contribution in [1.29, 1.82) is 0 Å². The number of hydrogen-bond acceptors (Lipinski definition) is 6. The highest BCUT2D eigenvalue weighted by atomic mass is 35.5. The van der Waals surface area contributed by atoms with Gasteiger partial charge in [-0.25, -0.2) is 14.4 Å². The number of nitrogens with two attached hydrogens (primary N) is 2. The summed E-state index contributed by atoms with van der Waals surface area (Å²) in [6, 6.07) is 11.7. The molecule has 1 aliphatic carbocycles. The number of aromatic nitrogens is 4. The average Bonchev–Trinajstić information content (AvgIpc) is 3.33. The molecular weight excluding hydrogens is 469 g/mol. The lowest BCUT2D eigenvalue weighted by atomic mass is 9.91. The molecular formula is C25H23ClFN7O. The Kier molecular flexibility index (Phi) is 5.01. The summed E-state index contributed by atoms with van der Waals surface area (Å²) in [6.07, 6.45) is 2.61. The van der Waals surface area contributed by atoms with Gasteiger partial charge in [0.15, 0.2) is 5.65 Å². The Bertz CT molecular complexity index is 1470. The first-order valence-electron chi connectivity index (χ1n) is 11.4. The Morgan fingerprint density at radius 3 is 2.86 bits per heavy atom. The van der Waals surface area contributed by atoms with Crippen molar-refractivity contribution < 1.29 is 9.18 Å². The summed E-state index contributed by atoms with van der Waals surface area (Å²) in [5, 5.41) is 7.72. The SMILES string of the molecule is NC[C@]1(c2ccccc2F)[C@@H]2CCN(c3cnc4c(-c5cc(C(N)=O)ccc5Cl)n[nH]c4n3)C[C@@H]21. The van der Waals surface area contributed by atoms with Crippen LogP contribution in [-0.4, -0.2) is 45.7 Å². The molecule has 8 nitrogen and oxygen atoms in total. The largest absolute Gasteiger partial charge is 0.366 e. The maximum atomic E-state index is 14.6. The molecule has 0 unspecified atom stereocenters. The van der Waals surface area contributed by atoms with Crippen molar-refractivity contribution in [2.45, 2.75) is 11.8 Å². The fourth-order valence-electron chi connectivity index (χ4n) is 5.83. The van der Waals surface area contributed by atoms with Gasteiger partial charge in [0.1, 0.15) is 22.8 Å². The van der Waals surface area contributed by atoms with E-state index in [0.29, 0.717) is 51.0 Å². The third-order valence-electron chi connectivity index (χ3n) is 7.63.